The Morgan fingerprint density at radius 1 is 1.08 bits per heavy atom. The van der Waals surface area contributed by atoms with E-state index in [-0.39, 0.29) is 12.0 Å². The normalized spacial score (nSPS) is 15.1. The van der Waals surface area contributed by atoms with Gasteiger partial charge >= 0.3 is 6.09 Å². The number of ether oxygens (including phenoxy) is 2. The number of amides is 2. The molecule has 0 bridgehead atoms. The highest BCUT2D eigenvalue weighted by atomic mass is 79.9. The number of hydrogen-bond acceptors (Lipinski definition) is 4. The Morgan fingerprint density at radius 3 is 2.16 bits per heavy atom. The van der Waals surface area contributed by atoms with Crippen LogP contribution in [0.2, 0.25) is 0 Å². The van der Waals surface area contributed by atoms with E-state index in [2.05, 4.69) is 15.9 Å². The lowest BCUT2D eigenvalue weighted by atomic mass is 10.1. The minimum Gasteiger partial charge on any atom is -0.496 e. The molecule has 0 aliphatic carbocycles. The monoisotopic (exact) mass is 412 g/mol. The van der Waals surface area contributed by atoms with Gasteiger partial charge in [-0.3, -0.25) is 4.79 Å². The number of carbonyl (C=O) groups is 2. The largest absolute Gasteiger partial charge is 0.496 e. The van der Waals surface area contributed by atoms with Gasteiger partial charge in [0.2, 0.25) is 0 Å². The minimum absolute atomic E-state index is 0.0781. The number of benzene rings is 1. The van der Waals surface area contributed by atoms with Crippen molar-refractivity contribution in [3.63, 3.8) is 0 Å². The Hall–Kier alpha value is -1.76. The van der Waals surface area contributed by atoms with Crippen LogP contribution in [0.4, 0.5) is 4.79 Å². The fourth-order valence-corrected chi connectivity index (χ4v) is 3.28. The number of halogens is 1. The van der Waals surface area contributed by atoms with Crippen LogP contribution in [0, 0.1) is 6.92 Å². The van der Waals surface area contributed by atoms with Crippen LogP contribution in [-0.4, -0.2) is 60.7 Å². The Labute approximate surface area is 157 Å². The summed E-state index contributed by atoms with van der Waals surface area (Å²) < 4.78 is 11.6. The van der Waals surface area contributed by atoms with E-state index in [1.165, 1.54) is 0 Å². The van der Waals surface area contributed by atoms with Crippen LogP contribution in [0.5, 0.6) is 5.75 Å². The van der Waals surface area contributed by atoms with Crippen molar-refractivity contribution >= 4 is 27.9 Å². The third-order valence-corrected chi connectivity index (χ3v) is 4.37. The van der Waals surface area contributed by atoms with Crippen LogP contribution in [0.1, 0.15) is 36.7 Å². The van der Waals surface area contributed by atoms with Crippen molar-refractivity contribution in [3.05, 3.63) is 27.7 Å². The molecule has 0 atom stereocenters. The third kappa shape index (κ3) is 4.87. The fourth-order valence-electron chi connectivity index (χ4n) is 2.72. The Balaban J connectivity index is 2.06. The van der Waals surface area contributed by atoms with E-state index >= 15 is 0 Å². The van der Waals surface area contributed by atoms with Gasteiger partial charge in [-0.25, -0.2) is 4.79 Å². The highest BCUT2D eigenvalue weighted by Gasteiger charge is 2.29. The predicted octanol–water partition coefficient (Wildman–Crippen LogP) is 3.46. The van der Waals surface area contributed by atoms with Gasteiger partial charge < -0.3 is 19.3 Å². The molecule has 2 rings (SSSR count). The summed E-state index contributed by atoms with van der Waals surface area (Å²) in [7, 11) is 1.55. The van der Waals surface area contributed by atoms with Crippen molar-refractivity contribution < 1.29 is 19.1 Å². The Bertz CT molecular complexity index is 662. The standard InChI is InChI=1S/C18H25BrN2O4/c1-12-10-13(19)11-14(24-5)15(12)16(22)20-6-8-21(9-7-20)17(23)25-18(2,3)4/h10-11H,6-9H2,1-5H3. The average molecular weight is 413 g/mol. The maximum Gasteiger partial charge on any atom is 0.410 e. The van der Waals surface area contributed by atoms with Crippen LogP contribution >= 0.6 is 15.9 Å². The van der Waals surface area contributed by atoms with Crippen molar-refractivity contribution in [2.24, 2.45) is 0 Å². The van der Waals surface area contributed by atoms with E-state index in [0.29, 0.717) is 37.5 Å². The topological polar surface area (TPSA) is 59.1 Å². The van der Waals surface area contributed by atoms with Gasteiger partial charge in [-0.2, -0.15) is 0 Å². The lowest BCUT2D eigenvalue weighted by molar-refractivity contribution is 0.0140. The summed E-state index contributed by atoms with van der Waals surface area (Å²) in [6, 6.07) is 3.68. The van der Waals surface area contributed by atoms with Gasteiger partial charge in [0, 0.05) is 30.7 Å². The summed E-state index contributed by atoms with van der Waals surface area (Å²) in [6.07, 6.45) is -0.336. The first-order valence-corrected chi connectivity index (χ1v) is 9.03. The third-order valence-electron chi connectivity index (χ3n) is 3.92. The van der Waals surface area contributed by atoms with E-state index in [1.54, 1.807) is 23.0 Å². The summed E-state index contributed by atoms with van der Waals surface area (Å²) in [5.74, 6) is 0.470. The van der Waals surface area contributed by atoms with Crippen LogP contribution in [0.3, 0.4) is 0 Å². The van der Waals surface area contributed by atoms with Gasteiger partial charge in [0.1, 0.15) is 11.4 Å². The molecule has 0 spiro atoms. The summed E-state index contributed by atoms with van der Waals surface area (Å²) in [6.45, 7) is 9.26. The number of aryl methyl sites for hydroxylation is 1. The molecule has 1 aromatic carbocycles. The Morgan fingerprint density at radius 2 is 1.64 bits per heavy atom. The number of nitrogens with zero attached hydrogens (tertiary/aromatic N) is 2. The summed E-state index contributed by atoms with van der Waals surface area (Å²) in [5.41, 5.74) is 0.897. The van der Waals surface area contributed by atoms with Crippen molar-refractivity contribution in [2.75, 3.05) is 33.3 Å². The molecule has 0 unspecified atom stereocenters. The molecule has 138 valence electrons. The molecule has 25 heavy (non-hydrogen) atoms. The van der Waals surface area contributed by atoms with Crippen LogP contribution in [0.25, 0.3) is 0 Å². The zero-order valence-corrected chi connectivity index (χ0v) is 17.0. The SMILES string of the molecule is COc1cc(Br)cc(C)c1C(=O)N1CCN(C(=O)OC(C)(C)C)CC1. The fraction of sp³-hybridized carbons (Fsp3) is 0.556. The number of hydrogen-bond donors (Lipinski definition) is 0. The lowest BCUT2D eigenvalue weighted by Gasteiger charge is -2.36. The van der Waals surface area contributed by atoms with E-state index in [0.717, 1.165) is 10.0 Å². The first kappa shape index (κ1) is 19.6. The molecule has 1 aliphatic heterocycles. The van der Waals surface area contributed by atoms with E-state index in [1.807, 2.05) is 33.8 Å². The van der Waals surface area contributed by atoms with Crippen molar-refractivity contribution in [2.45, 2.75) is 33.3 Å². The summed E-state index contributed by atoms with van der Waals surface area (Å²) in [5, 5.41) is 0. The van der Waals surface area contributed by atoms with Gasteiger partial charge in [0.25, 0.3) is 5.91 Å². The van der Waals surface area contributed by atoms with E-state index in [4.69, 9.17) is 9.47 Å². The van der Waals surface area contributed by atoms with Crippen LogP contribution in [0.15, 0.2) is 16.6 Å². The molecule has 2 amide bonds. The summed E-state index contributed by atoms with van der Waals surface area (Å²) >= 11 is 3.42. The minimum atomic E-state index is -0.522. The van der Waals surface area contributed by atoms with Crippen LogP contribution < -0.4 is 4.74 Å². The molecule has 0 radical (unpaired) electrons. The van der Waals surface area contributed by atoms with Gasteiger partial charge in [-0.1, -0.05) is 15.9 Å². The zero-order valence-electron chi connectivity index (χ0n) is 15.4. The quantitative estimate of drug-likeness (QED) is 0.745. The second-order valence-electron chi connectivity index (χ2n) is 7.06. The zero-order chi connectivity index (χ0) is 18.8. The molecule has 0 N–H and O–H groups in total. The molecule has 1 aromatic rings. The van der Waals surface area contributed by atoms with Crippen molar-refractivity contribution in [1.82, 2.24) is 9.80 Å². The molecule has 1 saturated heterocycles. The first-order chi connectivity index (χ1) is 11.6. The van der Waals surface area contributed by atoms with Crippen molar-refractivity contribution in [3.8, 4) is 5.75 Å². The molecule has 1 fully saturated rings. The first-order valence-electron chi connectivity index (χ1n) is 8.23. The summed E-state index contributed by atoms with van der Waals surface area (Å²) in [4.78, 5) is 28.4. The van der Waals surface area contributed by atoms with Gasteiger partial charge in [0.05, 0.1) is 12.7 Å². The maximum atomic E-state index is 12.9. The molecular weight excluding hydrogens is 388 g/mol. The second kappa shape index (κ2) is 7.64. The average Bonchev–Trinajstić information content (AvgIpc) is 2.52. The lowest BCUT2D eigenvalue weighted by Crippen LogP contribution is -2.51. The maximum absolute atomic E-state index is 12.9. The van der Waals surface area contributed by atoms with E-state index in [9.17, 15) is 9.59 Å². The van der Waals surface area contributed by atoms with E-state index < -0.39 is 5.60 Å². The van der Waals surface area contributed by atoms with Gasteiger partial charge in [-0.05, 0) is 45.4 Å². The number of methoxy groups -OCH3 is 1. The molecule has 1 aliphatic rings. The molecular formula is C18H25BrN2O4. The van der Waals surface area contributed by atoms with Gasteiger partial charge in [-0.15, -0.1) is 0 Å². The number of rotatable bonds is 2. The van der Waals surface area contributed by atoms with Crippen LogP contribution in [-0.2, 0) is 4.74 Å². The number of carbonyl (C=O) groups excluding carboxylic acids is 2. The van der Waals surface area contributed by atoms with Crippen molar-refractivity contribution in [1.29, 1.82) is 0 Å². The Kier molecular flexibility index (Phi) is 5.98. The highest BCUT2D eigenvalue weighted by molar-refractivity contribution is 9.10. The van der Waals surface area contributed by atoms with Gasteiger partial charge in [0.15, 0.2) is 0 Å². The second-order valence-corrected chi connectivity index (χ2v) is 7.98. The molecule has 7 heteroatoms. The highest BCUT2D eigenvalue weighted by Crippen LogP contribution is 2.28. The predicted molar refractivity (Wildman–Crippen MR) is 99.1 cm³/mol. The molecule has 1 heterocycles. The molecule has 6 nitrogen and oxygen atoms in total. The molecule has 0 aromatic heterocycles. The smallest absolute Gasteiger partial charge is 0.410 e. The molecule has 0 saturated carbocycles. The number of piperazine rings is 1.